The highest BCUT2D eigenvalue weighted by molar-refractivity contribution is 7.18. The summed E-state index contributed by atoms with van der Waals surface area (Å²) in [5, 5.41) is 9.05. The average molecular weight is 550 g/mol. The summed E-state index contributed by atoms with van der Waals surface area (Å²) in [6, 6.07) is 9.82. The van der Waals surface area contributed by atoms with Crippen molar-refractivity contribution in [3.8, 4) is 0 Å². The van der Waals surface area contributed by atoms with E-state index >= 15 is 0 Å². The first kappa shape index (κ1) is 27.3. The molecule has 3 aromatic rings. The molecule has 0 aliphatic heterocycles. The Morgan fingerprint density at radius 2 is 1.87 bits per heavy atom. The zero-order valence-electron chi connectivity index (χ0n) is 20.2. The second kappa shape index (κ2) is 12.2. The number of aldehydes is 1. The molecule has 1 aromatic carbocycles. The number of carbonyl (C=O) groups excluding carboxylic acids is 3. The monoisotopic (exact) mass is 549 g/mol. The van der Waals surface area contributed by atoms with Gasteiger partial charge in [-0.25, -0.2) is 14.8 Å². The van der Waals surface area contributed by atoms with Gasteiger partial charge in [0.25, 0.3) is 0 Å². The number of alkyl carbamates (subject to hydrolysis) is 1. The van der Waals surface area contributed by atoms with Crippen molar-refractivity contribution >= 4 is 45.7 Å². The molecule has 1 aliphatic rings. The molecule has 1 aliphatic carbocycles. The van der Waals surface area contributed by atoms with Crippen molar-refractivity contribution in [1.29, 1.82) is 0 Å². The van der Waals surface area contributed by atoms with Gasteiger partial charge in [-0.1, -0.05) is 30.3 Å². The van der Waals surface area contributed by atoms with Crippen molar-refractivity contribution in [3.63, 3.8) is 0 Å². The Labute approximate surface area is 220 Å². The number of hydrogen-bond donors (Lipinski definition) is 3. The fourth-order valence-corrected chi connectivity index (χ4v) is 5.51. The first-order chi connectivity index (χ1) is 18.2. The van der Waals surface area contributed by atoms with Crippen LogP contribution in [0.4, 0.5) is 23.8 Å². The second-order valence-corrected chi connectivity index (χ2v) is 10.1. The van der Waals surface area contributed by atoms with Crippen LogP contribution in [0, 0.1) is 5.92 Å². The van der Waals surface area contributed by atoms with Crippen LogP contribution in [0.15, 0.2) is 42.7 Å². The number of amides is 2. The number of carbonyl (C=O) groups is 3. The fraction of sp³-hybridized carbons (Fsp3) is 0.400. The molecule has 1 saturated carbocycles. The van der Waals surface area contributed by atoms with Crippen LogP contribution < -0.4 is 16.0 Å². The maximum atomic E-state index is 12.9. The number of ether oxygens (including phenoxy) is 1. The topological polar surface area (TPSA) is 122 Å². The summed E-state index contributed by atoms with van der Waals surface area (Å²) in [6.45, 7) is -0.0459. The third-order valence-corrected chi connectivity index (χ3v) is 7.11. The van der Waals surface area contributed by atoms with E-state index in [0.717, 1.165) is 16.9 Å². The molecule has 3 N–H and O–H groups in total. The van der Waals surface area contributed by atoms with Gasteiger partial charge in [0.15, 0.2) is 0 Å². The average Bonchev–Trinajstić information content (AvgIpc) is 3.28. The van der Waals surface area contributed by atoms with Gasteiger partial charge in [0.05, 0.1) is 18.4 Å². The van der Waals surface area contributed by atoms with E-state index in [-0.39, 0.29) is 30.0 Å². The Hall–Kier alpha value is -3.74. The van der Waals surface area contributed by atoms with Gasteiger partial charge in [-0.3, -0.25) is 4.79 Å². The van der Waals surface area contributed by atoms with Gasteiger partial charge in [0.1, 0.15) is 29.9 Å². The lowest BCUT2D eigenvalue weighted by Crippen LogP contribution is -2.48. The first-order valence-electron chi connectivity index (χ1n) is 12.0. The van der Waals surface area contributed by atoms with Crippen LogP contribution in [-0.4, -0.2) is 53.1 Å². The summed E-state index contributed by atoms with van der Waals surface area (Å²) in [5.41, 5.74) is 0.824. The Morgan fingerprint density at radius 3 is 2.61 bits per heavy atom. The summed E-state index contributed by atoms with van der Waals surface area (Å²) in [5.74, 6) is -0.505. The van der Waals surface area contributed by atoms with Crippen LogP contribution in [-0.2, 0) is 27.4 Å². The van der Waals surface area contributed by atoms with Crippen molar-refractivity contribution in [1.82, 2.24) is 20.6 Å². The molecule has 9 nitrogen and oxygen atoms in total. The van der Waals surface area contributed by atoms with Crippen LogP contribution in [0.25, 0.3) is 10.2 Å². The number of anilines is 1. The summed E-state index contributed by atoms with van der Waals surface area (Å²) in [7, 11) is 0. The molecule has 3 atom stereocenters. The maximum absolute atomic E-state index is 12.9. The van der Waals surface area contributed by atoms with E-state index in [4.69, 9.17) is 4.74 Å². The molecule has 38 heavy (non-hydrogen) atoms. The van der Waals surface area contributed by atoms with Crippen molar-refractivity contribution in [2.24, 2.45) is 5.92 Å². The third-order valence-electron chi connectivity index (χ3n) is 6.07. The highest BCUT2D eigenvalue weighted by Gasteiger charge is 2.35. The molecule has 2 amide bonds. The van der Waals surface area contributed by atoms with E-state index in [1.807, 2.05) is 30.3 Å². The number of thiophene rings is 1. The number of halogens is 3. The molecule has 0 bridgehead atoms. The minimum atomic E-state index is -4.35. The van der Waals surface area contributed by atoms with Crippen molar-refractivity contribution in [2.75, 3.05) is 11.9 Å². The summed E-state index contributed by atoms with van der Waals surface area (Å²) in [6.07, 6.45) is -3.07. The SMILES string of the molecule is O=CCNC(=O)[C@@H]1C[C@H](NC(=O)OCc2ccccc2)C[C@H](Nc2ncnc3sc(CC(F)(F)F)cc23)C1. The Kier molecular flexibility index (Phi) is 8.77. The second-order valence-electron chi connectivity index (χ2n) is 9.01. The zero-order valence-corrected chi connectivity index (χ0v) is 21.0. The largest absolute Gasteiger partial charge is 0.445 e. The van der Waals surface area contributed by atoms with Gasteiger partial charge in [-0.05, 0) is 30.9 Å². The molecule has 4 rings (SSSR count). The van der Waals surface area contributed by atoms with Gasteiger partial charge in [-0.2, -0.15) is 13.2 Å². The predicted molar refractivity (Wildman–Crippen MR) is 135 cm³/mol. The molecule has 202 valence electrons. The van der Waals surface area contributed by atoms with Crippen LogP contribution in [0.5, 0.6) is 0 Å². The van der Waals surface area contributed by atoms with Gasteiger partial charge >= 0.3 is 12.3 Å². The normalized spacial score (nSPS) is 19.5. The van der Waals surface area contributed by atoms with E-state index in [0.29, 0.717) is 41.6 Å². The molecule has 0 saturated heterocycles. The Bertz CT molecular complexity index is 1270. The summed E-state index contributed by atoms with van der Waals surface area (Å²) in [4.78, 5) is 44.7. The lowest BCUT2D eigenvalue weighted by atomic mass is 9.81. The third kappa shape index (κ3) is 7.63. The molecular weight excluding hydrogens is 523 g/mol. The van der Waals surface area contributed by atoms with Crippen molar-refractivity contribution < 1.29 is 32.3 Å². The van der Waals surface area contributed by atoms with Crippen LogP contribution in [0.1, 0.15) is 29.7 Å². The molecular formula is C25H26F3N5O4S. The van der Waals surface area contributed by atoms with Crippen LogP contribution in [0.3, 0.4) is 0 Å². The first-order valence-corrected chi connectivity index (χ1v) is 12.8. The maximum Gasteiger partial charge on any atom is 0.407 e. The van der Waals surface area contributed by atoms with Gasteiger partial charge in [0.2, 0.25) is 5.91 Å². The Morgan fingerprint density at radius 1 is 1.11 bits per heavy atom. The highest BCUT2D eigenvalue weighted by Crippen LogP contribution is 2.34. The number of alkyl halides is 3. The number of nitrogens with zero attached hydrogens (tertiary/aromatic N) is 2. The number of fused-ring (bicyclic) bond motifs is 1. The van der Waals surface area contributed by atoms with Gasteiger partial charge in [0, 0.05) is 22.9 Å². The fourth-order valence-electron chi connectivity index (χ4n) is 4.49. The number of hydrogen-bond acceptors (Lipinski definition) is 8. The molecule has 0 spiro atoms. The predicted octanol–water partition coefficient (Wildman–Crippen LogP) is 3.99. The standard InChI is InChI=1S/C25H26F3N5O4S/c26-25(27,28)12-19-11-20-21(30-14-31-23(20)38-19)32-17-8-16(22(35)29-6-7-34)9-18(10-17)33-24(36)37-13-15-4-2-1-3-5-15/h1-5,7,11,14,16-18H,6,8-10,12-13H2,(H,29,35)(H,33,36)(H,30,31,32)/t16-,17+,18-/m0/s1. The lowest BCUT2D eigenvalue weighted by Gasteiger charge is -2.35. The van der Waals surface area contributed by atoms with Crippen LogP contribution >= 0.6 is 11.3 Å². The van der Waals surface area contributed by atoms with Crippen molar-refractivity contribution in [3.05, 3.63) is 53.2 Å². The molecule has 2 aromatic heterocycles. The molecule has 0 radical (unpaired) electrons. The highest BCUT2D eigenvalue weighted by atomic mass is 32.1. The number of nitrogens with one attached hydrogen (secondary N) is 3. The van der Waals surface area contributed by atoms with E-state index in [1.165, 1.54) is 12.4 Å². The van der Waals surface area contributed by atoms with Gasteiger partial charge < -0.3 is 25.5 Å². The van der Waals surface area contributed by atoms with E-state index in [2.05, 4.69) is 25.9 Å². The van der Waals surface area contributed by atoms with Crippen LogP contribution in [0.2, 0.25) is 0 Å². The molecule has 13 heteroatoms. The quantitative estimate of drug-likeness (QED) is 0.345. The zero-order chi connectivity index (χ0) is 27.1. The minimum absolute atomic E-state index is 0.0850. The van der Waals surface area contributed by atoms with Gasteiger partial charge in [-0.15, -0.1) is 11.3 Å². The summed E-state index contributed by atoms with van der Waals surface area (Å²) >= 11 is 0.946. The lowest BCUT2D eigenvalue weighted by molar-refractivity contribution is -0.127. The van der Waals surface area contributed by atoms with E-state index in [1.54, 1.807) is 0 Å². The molecule has 2 heterocycles. The summed E-state index contributed by atoms with van der Waals surface area (Å²) < 4.78 is 44.0. The van der Waals surface area contributed by atoms with Crippen molar-refractivity contribution in [2.45, 2.75) is 50.6 Å². The van der Waals surface area contributed by atoms with E-state index in [9.17, 15) is 27.6 Å². The minimum Gasteiger partial charge on any atom is -0.445 e. The van der Waals surface area contributed by atoms with E-state index < -0.39 is 30.7 Å². The molecule has 1 fully saturated rings. The smallest absolute Gasteiger partial charge is 0.407 e. The number of benzene rings is 1. The molecule has 0 unspecified atom stereocenters. The number of rotatable bonds is 9. The Balaban J connectivity index is 1.47. The number of aromatic nitrogens is 2.